The van der Waals surface area contributed by atoms with Crippen LogP contribution in [0.15, 0.2) is 36.4 Å². The maximum Gasteiger partial charge on any atom is 0.339 e. The molecule has 0 aromatic heterocycles. The number of hydrogen-bond acceptors (Lipinski definition) is 5. The van der Waals surface area contributed by atoms with Crippen LogP contribution in [0.2, 0.25) is 0 Å². The van der Waals surface area contributed by atoms with E-state index in [0.29, 0.717) is 22.9 Å². The second kappa shape index (κ2) is 6.04. The average molecular weight is 289 g/mol. The Balaban J connectivity index is 2.50. The second-order valence-electron chi connectivity index (χ2n) is 4.15. The third-order valence-corrected chi connectivity index (χ3v) is 2.83. The first-order chi connectivity index (χ1) is 10.1. The molecule has 0 heterocycles. The first-order valence-corrected chi connectivity index (χ1v) is 6.08. The minimum absolute atomic E-state index is 0.0389. The average Bonchev–Trinajstić information content (AvgIpc) is 2.48. The fourth-order valence-corrected chi connectivity index (χ4v) is 1.83. The van der Waals surface area contributed by atoms with E-state index in [9.17, 15) is 9.90 Å². The zero-order valence-electron chi connectivity index (χ0n) is 11.6. The smallest absolute Gasteiger partial charge is 0.339 e. The number of nitrogen functional groups attached to an aromatic ring is 1. The van der Waals surface area contributed by atoms with E-state index >= 15 is 0 Å². The molecular formula is C15H15NO5. The Kier molecular flexibility index (Phi) is 4.18. The number of carboxylic acid groups (broad SMARTS) is 1. The minimum Gasteiger partial charge on any atom is -0.493 e. The predicted octanol–water partition coefficient (Wildman–Crippen LogP) is 2.78. The van der Waals surface area contributed by atoms with Gasteiger partial charge in [-0.2, -0.15) is 0 Å². The first-order valence-electron chi connectivity index (χ1n) is 6.08. The standard InChI is InChI=1S/C15H15NO5/c1-19-12-4-3-5-13(20-2)14(12)21-11-7-6-9(16)8-10(11)15(17)18/h3-8H,16H2,1-2H3,(H,17,18). The van der Waals surface area contributed by atoms with E-state index in [2.05, 4.69) is 0 Å². The summed E-state index contributed by atoms with van der Waals surface area (Å²) in [4.78, 5) is 11.3. The lowest BCUT2D eigenvalue weighted by atomic mass is 10.2. The highest BCUT2D eigenvalue weighted by atomic mass is 16.5. The number of hydrogen-bond donors (Lipinski definition) is 2. The maximum absolute atomic E-state index is 11.3. The van der Waals surface area contributed by atoms with Gasteiger partial charge in [-0.15, -0.1) is 0 Å². The molecule has 0 aliphatic rings. The summed E-state index contributed by atoms with van der Waals surface area (Å²) in [6.07, 6.45) is 0. The number of nitrogens with two attached hydrogens (primary N) is 1. The third-order valence-electron chi connectivity index (χ3n) is 2.83. The molecule has 2 aromatic carbocycles. The van der Waals surface area contributed by atoms with Gasteiger partial charge < -0.3 is 25.1 Å². The van der Waals surface area contributed by atoms with Crippen molar-refractivity contribution in [1.29, 1.82) is 0 Å². The fourth-order valence-electron chi connectivity index (χ4n) is 1.83. The van der Waals surface area contributed by atoms with Gasteiger partial charge in [0.1, 0.15) is 11.3 Å². The molecule has 0 aliphatic heterocycles. The molecule has 6 heteroatoms. The molecule has 0 radical (unpaired) electrons. The molecule has 0 aliphatic carbocycles. The normalized spacial score (nSPS) is 10.0. The van der Waals surface area contributed by atoms with Crippen molar-refractivity contribution >= 4 is 11.7 Å². The summed E-state index contributed by atoms with van der Waals surface area (Å²) >= 11 is 0. The number of para-hydroxylation sites is 1. The fraction of sp³-hybridized carbons (Fsp3) is 0.133. The molecule has 0 fully saturated rings. The van der Waals surface area contributed by atoms with Crippen LogP contribution in [-0.4, -0.2) is 25.3 Å². The zero-order valence-corrected chi connectivity index (χ0v) is 11.6. The van der Waals surface area contributed by atoms with E-state index in [1.165, 1.54) is 26.4 Å². The molecule has 0 spiro atoms. The molecule has 21 heavy (non-hydrogen) atoms. The third kappa shape index (κ3) is 3.00. The Morgan fingerprint density at radius 1 is 1.05 bits per heavy atom. The van der Waals surface area contributed by atoms with Crippen molar-refractivity contribution < 1.29 is 24.1 Å². The van der Waals surface area contributed by atoms with Gasteiger partial charge in [-0.05, 0) is 30.3 Å². The van der Waals surface area contributed by atoms with Crippen LogP contribution in [0.5, 0.6) is 23.0 Å². The Hall–Kier alpha value is -2.89. The SMILES string of the molecule is COc1cccc(OC)c1Oc1ccc(N)cc1C(=O)O. The molecule has 2 aromatic rings. The largest absolute Gasteiger partial charge is 0.493 e. The van der Waals surface area contributed by atoms with Crippen LogP contribution in [0.4, 0.5) is 5.69 Å². The number of ether oxygens (including phenoxy) is 3. The van der Waals surface area contributed by atoms with Crippen molar-refractivity contribution in [3.8, 4) is 23.0 Å². The molecule has 110 valence electrons. The molecule has 3 N–H and O–H groups in total. The summed E-state index contributed by atoms with van der Waals surface area (Å²) in [6, 6.07) is 9.50. The van der Waals surface area contributed by atoms with E-state index in [1.54, 1.807) is 24.3 Å². The van der Waals surface area contributed by atoms with Gasteiger partial charge in [0.2, 0.25) is 5.75 Å². The van der Waals surface area contributed by atoms with Gasteiger partial charge in [-0.3, -0.25) is 0 Å². The molecule has 0 saturated heterocycles. The monoisotopic (exact) mass is 289 g/mol. The van der Waals surface area contributed by atoms with Crippen LogP contribution in [0.3, 0.4) is 0 Å². The van der Waals surface area contributed by atoms with Gasteiger partial charge in [-0.25, -0.2) is 4.79 Å². The van der Waals surface area contributed by atoms with Crippen molar-refractivity contribution in [3.63, 3.8) is 0 Å². The lowest BCUT2D eigenvalue weighted by molar-refractivity contribution is 0.0694. The van der Waals surface area contributed by atoms with Crippen molar-refractivity contribution in [2.45, 2.75) is 0 Å². The summed E-state index contributed by atoms with van der Waals surface area (Å²) in [6.45, 7) is 0. The van der Waals surface area contributed by atoms with Crippen LogP contribution in [0, 0.1) is 0 Å². The summed E-state index contributed by atoms with van der Waals surface area (Å²) in [5.74, 6) is 0.186. The van der Waals surface area contributed by atoms with Crippen LogP contribution in [0.25, 0.3) is 0 Å². The maximum atomic E-state index is 11.3. The predicted molar refractivity (Wildman–Crippen MR) is 77.4 cm³/mol. The molecule has 0 amide bonds. The van der Waals surface area contributed by atoms with Crippen molar-refractivity contribution in [3.05, 3.63) is 42.0 Å². The summed E-state index contributed by atoms with van der Waals surface area (Å²) < 4.78 is 16.1. The quantitative estimate of drug-likeness (QED) is 0.822. The van der Waals surface area contributed by atoms with Crippen LogP contribution >= 0.6 is 0 Å². The molecule has 0 unspecified atom stereocenters. The van der Waals surface area contributed by atoms with Gasteiger partial charge in [0.05, 0.1) is 14.2 Å². The molecule has 0 atom stereocenters. The number of methoxy groups -OCH3 is 2. The Morgan fingerprint density at radius 3 is 2.19 bits per heavy atom. The number of anilines is 1. The molecular weight excluding hydrogens is 274 g/mol. The Bertz CT molecular complexity index is 647. The molecule has 6 nitrogen and oxygen atoms in total. The Labute approximate surface area is 121 Å². The zero-order chi connectivity index (χ0) is 15.4. The topological polar surface area (TPSA) is 91.0 Å². The van der Waals surface area contributed by atoms with Crippen molar-refractivity contribution in [2.75, 3.05) is 20.0 Å². The highest BCUT2D eigenvalue weighted by Gasteiger charge is 2.17. The van der Waals surface area contributed by atoms with Gasteiger partial charge in [0, 0.05) is 5.69 Å². The number of benzene rings is 2. The van der Waals surface area contributed by atoms with Gasteiger partial charge in [0.25, 0.3) is 0 Å². The summed E-state index contributed by atoms with van der Waals surface area (Å²) in [5.41, 5.74) is 5.90. The number of aromatic carboxylic acids is 1. The minimum atomic E-state index is -1.13. The van der Waals surface area contributed by atoms with E-state index in [1.807, 2.05) is 0 Å². The van der Waals surface area contributed by atoms with E-state index in [0.717, 1.165) is 0 Å². The second-order valence-corrected chi connectivity index (χ2v) is 4.15. The first kappa shape index (κ1) is 14.5. The lowest BCUT2D eigenvalue weighted by Gasteiger charge is -2.15. The van der Waals surface area contributed by atoms with Crippen LogP contribution in [-0.2, 0) is 0 Å². The van der Waals surface area contributed by atoms with E-state index in [4.69, 9.17) is 19.9 Å². The Morgan fingerprint density at radius 2 is 1.67 bits per heavy atom. The van der Waals surface area contributed by atoms with Crippen LogP contribution in [0.1, 0.15) is 10.4 Å². The van der Waals surface area contributed by atoms with E-state index < -0.39 is 5.97 Å². The molecule has 0 bridgehead atoms. The highest BCUT2D eigenvalue weighted by Crippen LogP contribution is 2.41. The summed E-state index contributed by atoms with van der Waals surface area (Å²) in [5, 5.41) is 9.22. The van der Waals surface area contributed by atoms with Gasteiger partial charge in [0.15, 0.2) is 11.5 Å². The summed E-state index contributed by atoms with van der Waals surface area (Å²) in [7, 11) is 2.98. The number of rotatable bonds is 5. The van der Waals surface area contributed by atoms with Gasteiger partial charge >= 0.3 is 5.97 Å². The van der Waals surface area contributed by atoms with E-state index in [-0.39, 0.29) is 11.3 Å². The molecule has 0 saturated carbocycles. The van der Waals surface area contributed by atoms with Crippen molar-refractivity contribution in [1.82, 2.24) is 0 Å². The lowest BCUT2D eigenvalue weighted by Crippen LogP contribution is -2.02. The van der Waals surface area contributed by atoms with Crippen molar-refractivity contribution in [2.24, 2.45) is 0 Å². The molecule has 2 rings (SSSR count). The number of carbonyl (C=O) groups is 1. The van der Waals surface area contributed by atoms with Crippen LogP contribution < -0.4 is 19.9 Å². The highest BCUT2D eigenvalue weighted by molar-refractivity contribution is 5.92. The number of carboxylic acids is 1. The van der Waals surface area contributed by atoms with Gasteiger partial charge in [-0.1, -0.05) is 6.07 Å².